The molecule has 3 rings (SSSR count). The van der Waals surface area contributed by atoms with Gasteiger partial charge < -0.3 is 9.30 Å². The highest BCUT2D eigenvalue weighted by Gasteiger charge is 2.15. The maximum Gasteiger partial charge on any atom is 0.161 e. The molecular weight excluding hydrogens is 293 g/mol. The molecule has 0 saturated carbocycles. The van der Waals surface area contributed by atoms with E-state index in [0.29, 0.717) is 10.0 Å². The number of imidazole rings is 1. The fraction of sp³-hybridized carbons (Fsp3) is 0.133. The summed E-state index contributed by atoms with van der Waals surface area (Å²) in [6.07, 6.45) is 3.96. The van der Waals surface area contributed by atoms with Gasteiger partial charge in [-0.1, -0.05) is 29.3 Å². The number of fused-ring (bicyclic) bond motifs is 1. The minimum Gasteiger partial charge on any atom is -0.339 e. The van der Waals surface area contributed by atoms with Gasteiger partial charge in [0.15, 0.2) is 5.65 Å². The normalized spacial score (nSPS) is 11.0. The van der Waals surface area contributed by atoms with Gasteiger partial charge in [-0.3, -0.25) is 0 Å². The summed E-state index contributed by atoms with van der Waals surface area (Å²) in [6.45, 7) is 1.97. The van der Waals surface area contributed by atoms with Crippen LogP contribution in [-0.4, -0.2) is 16.4 Å². The summed E-state index contributed by atoms with van der Waals surface area (Å²) >= 11 is 12.6. The van der Waals surface area contributed by atoms with E-state index in [4.69, 9.17) is 23.2 Å². The molecule has 0 radical (unpaired) electrons. The molecule has 0 atom stereocenters. The van der Waals surface area contributed by atoms with Crippen LogP contribution in [-0.2, 0) is 0 Å². The summed E-state index contributed by atoms with van der Waals surface area (Å²) in [4.78, 5) is 6.52. The van der Waals surface area contributed by atoms with E-state index in [1.807, 2.05) is 66.0 Å². The SMILES string of the molecule is Cc1cn2cccc(N(C)c3c(Cl)cccc3Cl)c2n1. The average Bonchev–Trinajstić information content (AvgIpc) is 2.78. The average molecular weight is 306 g/mol. The molecule has 2 heterocycles. The molecule has 0 amide bonds. The van der Waals surface area contributed by atoms with Gasteiger partial charge in [0.25, 0.3) is 0 Å². The molecule has 0 bridgehead atoms. The van der Waals surface area contributed by atoms with Gasteiger partial charge in [-0.05, 0) is 31.2 Å². The molecule has 1 aromatic carbocycles. The number of nitrogens with zero attached hydrogens (tertiary/aromatic N) is 3. The van der Waals surface area contributed by atoms with Crippen molar-refractivity contribution >= 4 is 40.2 Å². The van der Waals surface area contributed by atoms with Crippen molar-refractivity contribution in [2.45, 2.75) is 6.92 Å². The van der Waals surface area contributed by atoms with Crippen LogP contribution in [0.4, 0.5) is 11.4 Å². The summed E-state index contributed by atoms with van der Waals surface area (Å²) in [7, 11) is 1.94. The van der Waals surface area contributed by atoms with E-state index >= 15 is 0 Å². The van der Waals surface area contributed by atoms with E-state index < -0.39 is 0 Å². The van der Waals surface area contributed by atoms with Crippen molar-refractivity contribution in [3.8, 4) is 0 Å². The summed E-state index contributed by atoms with van der Waals surface area (Å²) in [5.41, 5.74) is 3.58. The van der Waals surface area contributed by atoms with E-state index in [0.717, 1.165) is 22.7 Å². The molecule has 102 valence electrons. The molecule has 2 aromatic heterocycles. The highest BCUT2D eigenvalue weighted by molar-refractivity contribution is 6.39. The first kappa shape index (κ1) is 13.3. The quantitative estimate of drug-likeness (QED) is 0.683. The van der Waals surface area contributed by atoms with Crippen molar-refractivity contribution in [3.05, 3.63) is 58.5 Å². The number of para-hydroxylation sites is 1. The molecular formula is C15H13Cl2N3. The Kier molecular flexibility index (Phi) is 3.32. The fourth-order valence-corrected chi connectivity index (χ4v) is 2.96. The molecule has 0 saturated heterocycles. The highest BCUT2D eigenvalue weighted by Crippen LogP contribution is 2.37. The number of rotatable bonds is 2. The van der Waals surface area contributed by atoms with Gasteiger partial charge in [-0.25, -0.2) is 4.98 Å². The zero-order chi connectivity index (χ0) is 14.3. The standard InChI is InChI=1S/C15H13Cl2N3/c1-10-9-20-8-4-7-13(15(20)18-10)19(2)14-11(16)5-3-6-12(14)17/h3-9H,1-2H3. The van der Waals surface area contributed by atoms with Crippen LogP contribution < -0.4 is 4.90 Å². The maximum atomic E-state index is 6.28. The number of aromatic nitrogens is 2. The molecule has 0 fully saturated rings. The predicted molar refractivity (Wildman–Crippen MR) is 84.5 cm³/mol. The van der Waals surface area contributed by atoms with Crippen LogP contribution in [0.5, 0.6) is 0 Å². The second kappa shape index (κ2) is 5.00. The first-order chi connectivity index (χ1) is 9.58. The van der Waals surface area contributed by atoms with Crippen LogP contribution in [0, 0.1) is 6.92 Å². The van der Waals surface area contributed by atoms with E-state index in [1.165, 1.54) is 0 Å². The molecule has 3 aromatic rings. The Morgan fingerprint density at radius 3 is 2.50 bits per heavy atom. The summed E-state index contributed by atoms with van der Waals surface area (Å²) < 4.78 is 1.99. The maximum absolute atomic E-state index is 6.28. The van der Waals surface area contributed by atoms with Crippen molar-refractivity contribution in [1.82, 2.24) is 9.38 Å². The number of hydrogen-bond acceptors (Lipinski definition) is 2. The molecule has 5 heteroatoms. The van der Waals surface area contributed by atoms with Crippen molar-refractivity contribution in [2.24, 2.45) is 0 Å². The minimum atomic E-state index is 0.616. The lowest BCUT2D eigenvalue weighted by Crippen LogP contribution is -2.12. The first-order valence-electron chi connectivity index (χ1n) is 6.20. The number of hydrogen-bond donors (Lipinski definition) is 0. The molecule has 0 aliphatic heterocycles. The largest absolute Gasteiger partial charge is 0.339 e. The lowest BCUT2D eigenvalue weighted by Gasteiger charge is -2.22. The number of benzene rings is 1. The van der Waals surface area contributed by atoms with Crippen LogP contribution in [0.3, 0.4) is 0 Å². The van der Waals surface area contributed by atoms with Gasteiger partial charge in [0.05, 0.1) is 27.1 Å². The Bertz CT molecular complexity index is 760. The molecule has 0 unspecified atom stereocenters. The van der Waals surface area contributed by atoms with Gasteiger partial charge in [0.1, 0.15) is 0 Å². The number of aryl methyl sites for hydroxylation is 1. The molecule has 0 aliphatic carbocycles. The molecule has 20 heavy (non-hydrogen) atoms. The van der Waals surface area contributed by atoms with E-state index in [-0.39, 0.29) is 0 Å². The molecule has 0 aliphatic rings. The smallest absolute Gasteiger partial charge is 0.161 e. The third kappa shape index (κ3) is 2.13. The second-order valence-electron chi connectivity index (χ2n) is 4.64. The molecule has 0 N–H and O–H groups in total. The highest BCUT2D eigenvalue weighted by atomic mass is 35.5. The minimum absolute atomic E-state index is 0.616. The van der Waals surface area contributed by atoms with Crippen LogP contribution in [0.25, 0.3) is 5.65 Å². The summed E-state index contributed by atoms with van der Waals surface area (Å²) in [6, 6.07) is 9.47. The Morgan fingerprint density at radius 1 is 1.10 bits per heavy atom. The topological polar surface area (TPSA) is 20.5 Å². The summed E-state index contributed by atoms with van der Waals surface area (Å²) in [5.74, 6) is 0. The monoisotopic (exact) mass is 305 g/mol. The van der Waals surface area contributed by atoms with Crippen molar-refractivity contribution in [3.63, 3.8) is 0 Å². The van der Waals surface area contributed by atoms with Crippen LogP contribution >= 0.6 is 23.2 Å². The fourth-order valence-electron chi connectivity index (χ4n) is 2.31. The van der Waals surface area contributed by atoms with E-state index in [9.17, 15) is 0 Å². The van der Waals surface area contributed by atoms with E-state index in [1.54, 1.807) is 0 Å². The Morgan fingerprint density at radius 2 is 1.80 bits per heavy atom. The third-order valence-corrected chi connectivity index (χ3v) is 3.83. The van der Waals surface area contributed by atoms with Crippen LogP contribution in [0.1, 0.15) is 5.69 Å². The van der Waals surface area contributed by atoms with Crippen molar-refractivity contribution in [2.75, 3.05) is 11.9 Å². The number of anilines is 2. The Hall–Kier alpha value is -1.71. The Labute approximate surface area is 127 Å². The zero-order valence-corrected chi connectivity index (χ0v) is 12.7. The molecule has 3 nitrogen and oxygen atoms in total. The lowest BCUT2D eigenvalue weighted by molar-refractivity contribution is 1.14. The van der Waals surface area contributed by atoms with Gasteiger partial charge in [0, 0.05) is 19.4 Å². The lowest BCUT2D eigenvalue weighted by atomic mass is 10.2. The number of halogens is 2. The van der Waals surface area contributed by atoms with Crippen LogP contribution in [0.2, 0.25) is 10.0 Å². The first-order valence-corrected chi connectivity index (χ1v) is 6.95. The van der Waals surface area contributed by atoms with Gasteiger partial charge in [0.2, 0.25) is 0 Å². The van der Waals surface area contributed by atoms with Crippen molar-refractivity contribution < 1.29 is 0 Å². The second-order valence-corrected chi connectivity index (χ2v) is 5.45. The van der Waals surface area contributed by atoms with Gasteiger partial charge in [-0.15, -0.1) is 0 Å². The number of pyridine rings is 1. The van der Waals surface area contributed by atoms with Crippen LogP contribution in [0.15, 0.2) is 42.7 Å². The summed E-state index contributed by atoms with van der Waals surface area (Å²) in [5, 5.41) is 1.23. The molecule has 0 spiro atoms. The van der Waals surface area contributed by atoms with Gasteiger partial charge in [-0.2, -0.15) is 0 Å². The predicted octanol–water partition coefficient (Wildman–Crippen LogP) is 4.72. The third-order valence-electron chi connectivity index (χ3n) is 3.22. The van der Waals surface area contributed by atoms with E-state index in [2.05, 4.69) is 4.98 Å². The van der Waals surface area contributed by atoms with Crippen molar-refractivity contribution in [1.29, 1.82) is 0 Å². The Balaban J connectivity index is 2.20. The zero-order valence-electron chi connectivity index (χ0n) is 11.1. The van der Waals surface area contributed by atoms with Gasteiger partial charge >= 0.3 is 0 Å².